The van der Waals surface area contributed by atoms with Crippen LogP contribution in [0, 0.1) is 0 Å². The van der Waals surface area contributed by atoms with E-state index in [0.717, 1.165) is 6.42 Å². The van der Waals surface area contributed by atoms with Gasteiger partial charge < -0.3 is 10.6 Å². The maximum atomic E-state index is 11.9. The first-order valence-corrected chi connectivity index (χ1v) is 7.18. The van der Waals surface area contributed by atoms with Gasteiger partial charge in [-0.15, -0.1) is 0 Å². The predicted octanol–water partition coefficient (Wildman–Crippen LogP) is 3.67. The summed E-state index contributed by atoms with van der Waals surface area (Å²) in [5.74, 6) is 0.232. The molecule has 2 rings (SSSR count). The number of hydrogen-bond acceptors (Lipinski definition) is 4. The molecule has 21 heavy (non-hydrogen) atoms. The highest BCUT2D eigenvalue weighted by Crippen LogP contribution is 2.27. The zero-order valence-corrected chi connectivity index (χ0v) is 12.9. The fourth-order valence-electron chi connectivity index (χ4n) is 1.61. The van der Waals surface area contributed by atoms with Crippen LogP contribution in [0.5, 0.6) is 0 Å². The molecule has 110 valence electrons. The minimum absolute atomic E-state index is 0.237. The average molecular weight is 325 g/mol. The maximum absolute atomic E-state index is 11.9. The van der Waals surface area contributed by atoms with Crippen LogP contribution in [-0.2, 0) is 0 Å². The lowest BCUT2D eigenvalue weighted by Crippen LogP contribution is -2.25. The van der Waals surface area contributed by atoms with Crippen molar-refractivity contribution in [3.05, 3.63) is 46.3 Å². The van der Waals surface area contributed by atoms with Crippen molar-refractivity contribution in [3.8, 4) is 0 Å². The highest BCUT2D eigenvalue weighted by atomic mass is 35.5. The van der Waals surface area contributed by atoms with Gasteiger partial charge in [0.1, 0.15) is 17.8 Å². The monoisotopic (exact) mass is 324 g/mol. The molecule has 0 unspecified atom stereocenters. The van der Waals surface area contributed by atoms with Crippen molar-refractivity contribution >= 4 is 40.6 Å². The Morgan fingerprint density at radius 3 is 2.81 bits per heavy atom. The van der Waals surface area contributed by atoms with Crippen molar-refractivity contribution in [2.45, 2.75) is 13.3 Å². The summed E-state index contributed by atoms with van der Waals surface area (Å²) >= 11 is 12.0. The standard InChI is InChI=1S/C14H14Cl2N4O/c1-2-5-17-14(21)12-7-13(19-8-18-12)20-11-6-9(15)3-4-10(11)16/h3-4,6-8H,2,5H2,1H3,(H,17,21)(H,18,19,20). The molecule has 1 aromatic carbocycles. The van der Waals surface area contributed by atoms with E-state index < -0.39 is 0 Å². The van der Waals surface area contributed by atoms with E-state index in [-0.39, 0.29) is 5.91 Å². The normalized spacial score (nSPS) is 10.2. The van der Waals surface area contributed by atoms with E-state index in [1.54, 1.807) is 24.3 Å². The SMILES string of the molecule is CCCNC(=O)c1cc(Nc2cc(Cl)ccc2Cl)ncn1. The van der Waals surface area contributed by atoms with Crippen LogP contribution in [0.4, 0.5) is 11.5 Å². The van der Waals surface area contributed by atoms with Crippen molar-refractivity contribution in [1.29, 1.82) is 0 Å². The molecule has 2 aromatic rings. The lowest BCUT2D eigenvalue weighted by atomic mass is 10.3. The van der Waals surface area contributed by atoms with Crippen LogP contribution in [0.25, 0.3) is 0 Å². The van der Waals surface area contributed by atoms with E-state index in [4.69, 9.17) is 23.2 Å². The molecule has 1 aromatic heterocycles. The third kappa shape index (κ3) is 4.31. The van der Waals surface area contributed by atoms with Crippen molar-refractivity contribution < 1.29 is 4.79 Å². The van der Waals surface area contributed by atoms with Crippen molar-refractivity contribution in [3.63, 3.8) is 0 Å². The number of rotatable bonds is 5. The van der Waals surface area contributed by atoms with Gasteiger partial charge in [0.25, 0.3) is 5.91 Å². The molecule has 7 heteroatoms. The van der Waals surface area contributed by atoms with Crippen LogP contribution in [0.3, 0.4) is 0 Å². The van der Waals surface area contributed by atoms with E-state index in [9.17, 15) is 4.79 Å². The van der Waals surface area contributed by atoms with Crippen LogP contribution >= 0.6 is 23.2 Å². The first kappa shape index (κ1) is 15.5. The lowest BCUT2D eigenvalue weighted by molar-refractivity contribution is 0.0948. The number of amides is 1. The predicted molar refractivity (Wildman–Crippen MR) is 84.4 cm³/mol. The van der Waals surface area contributed by atoms with Crippen LogP contribution < -0.4 is 10.6 Å². The van der Waals surface area contributed by atoms with Gasteiger partial charge in [0.15, 0.2) is 0 Å². The number of anilines is 2. The van der Waals surface area contributed by atoms with Crippen LogP contribution in [0.1, 0.15) is 23.8 Å². The van der Waals surface area contributed by atoms with Gasteiger partial charge in [-0.05, 0) is 24.6 Å². The van der Waals surface area contributed by atoms with Crippen LogP contribution in [0.15, 0.2) is 30.6 Å². The summed E-state index contributed by atoms with van der Waals surface area (Å²) in [7, 11) is 0. The summed E-state index contributed by atoms with van der Waals surface area (Å²) in [6.07, 6.45) is 2.18. The van der Waals surface area contributed by atoms with Gasteiger partial charge in [-0.2, -0.15) is 0 Å². The minimum Gasteiger partial charge on any atom is -0.351 e. The van der Waals surface area contributed by atoms with Gasteiger partial charge in [-0.1, -0.05) is 30.1 Å². The Labute approximate surface area is 132 Å². The lowest BCUT2D eigenvalue weighted by Gasteiger charge is -2.09. The minimum atomic E-state index is -0.237. The smallest absolute Gasteiger partial charge is 0.270 e. The Bertz CT molecular complexity index is 649. The van der Waals surface area contributed by atoms with E-state index in [2.05, 4.69) is 20.6 Å². The van der Waals surface area contributed by atoms with Gasteiger partial charge in [0, 0.05) is 17.6 Å². The fraction of sp³-hybridized carbons (Fsp3) is 0.214. The first-order chi connectivity index (χ1) is 10.1. The van der Waals surface area contributed by atoms with Crippen molar-refractivity contribution in [1.82, 2.24) is 15.3 Å². The zero-order chi connectivity index (χ0) is 15.2. The quantitative estimate of drug-likeness (QED) is 0.880. The highest BCUT2D eigenvalue weighted by molar-refractivity contribution is 6.35. The largest absolute Gasteiger partial charge is 0.351 e. The summed E-state index contributed by atoms with van der Waals surface area (Å²) in [5, 5.41) is 6.83. The number of carbonyl (C=O) groups is 1. The number of hydrogen-bond donors (Lipinski definition) is 2. The van der Waals surface area contributed by atoms with Gasteiger partial charge in [0.05, 0.1) is 10.7 Å². The summed E-state index contributed by atoms with van der Waals surface area (Å²) in [6.45, 7) is 2.58. The molecule has 1 heterocycles. The summed E-state index contributed by atoms with van der Waals surface area (Å²) in [6, 6.07) is 6.62. The molecule has 0 saturated carbocycles. The molecule has 2 N–H and O–H groups in total. The molecule has 0 spiro atoms. The molecular formula is C14H14Cl2N4O. The molecule has 0 atom stereocenters. The van der Waals surface area contributed by atoms with Gasteiger partial charge in [0.2, 0.25) is 0 Å². The second kappa shape index (κ2) is 7.24. The second-order valence-electron chi connectivity index (χ2n) is 4.29. The van der Waals surface area contributed by atoms with Crippen molar-refractivity contribution in [2.24, 2.45) is 0 Å². The topological polar surface area (TPSA) is 66.9 Å². The van der Waals surface area contributed by atoms with Gasteiger partial charge in [-0.3, -0.25) is 4.79 Å². The van der Waals surface area contributed by atoms with Crippen LogP contribution in [0.2, 0.25) is 10.0 Å². The Hall–Kier alpha value is -1.85. The molecule has 0 aliphatic heterocycles. The summed E-state index contributed by atoms with van der Waals surface area (Å²) < 4.78 is 0. The fourth-order valence-corrected chi connectivity index (χ4v) is 1.95. The second-order valence-corrected chi connectivity index (χ2v) is 5.14. The molecule has 0 saturated heterocycles. The Morgan fingerprint density at radius 1 is 1.24 bits per heavy atom. The van der Waals surface area contributed by atoms with E-state index in [1.165, 1.54) is 6.33 Å². The third-order valence-electron chi connectivity index (χ3n) is 2.63. The van der Waals surface area contributed by atoms with Gasteiger partial charge in [-0.25, -0.2) is 9.97 Å². The average Bonchev–Trinajstić information content (AvgIpc) is 2.49. The van der Waals surface area contributed by atoms with Crippen molar-refractivity contribution in [2.75, 3.05) is 11.9 Å². The Morgan fingerprint density at radius 2 is 2.05 bits per heavy atom. The first-order valence-electron chi connectivity index (χ1n) is 6.42. The van der Waals surface area contributed by atoms with Crippen LogP contribution in [-0.4, -0.2) is 22.4 Å². The number of benzene rings is 1. The molecule has 0 aliphatic carbocycles. The molecule has 0 radical (unpaired) electrons. The Balaban J connectivity index is 2.17. The number of nitrogens with zero attached hydrogens (tertiary/aromatic N) is 2. The number of aromatic nitrogens is 2. The Kier molecular flexibility index (Phi) is 5.36. The molecule has 1 amide bonds. The zero-order valence-electron chi connectivity index (χ0n) is 11.4. The van der Waals surface area contributed by atoms with E-state index in [0.29, 0.717) is 33.8 Å². The molecule has 0 aliphatic rings. The molecular weight excluding hydrogens is 311 g/mol. The third-order valence-corrected chi connectivity index (χ3v) is 3.19. The molecule has 5 nitrogen and oxygen atoms in total. The highest BCUT2D eigenvalue weighted by Gasteiger charge is 2.09. The van der Waals surface area contributed by atoms with E-state index in [1.807, 2.05) is 6.92 Å². The van der Waals surface area contributed by atoms with Gasteiger partial charge >= 0.3 is 0 Å². The molecule has 0 fully saturated rings. The van der Waals surface area contributed by atoms with E-state index >= 15 is 0 Å². The maximum Gasteiger partial charge on any atom is 0.270 e. The number of halogens is 2. The summed E-state index contributed by atoms with van der Waals surface area (Å²) in [5.41, 5.74) is 0.905. The molecule has 0 bridgehead atoms. The number of nitrogens with one attached hydrogen (secondary N) is 2. The number of carbonyl (C=O) groups excluding carboxylic acids is 1. The summed E-state index contributed by atoms with van der Waals surface area (Å²) in [4.78, 5) is 19.9.